The Morgan fingerprint density at radius 2 is 1.96 bits per heavy atom. The summed E-state index contributed by atoms with van der Waals surface area (Å²) in [5.74, 6) is 1.02. The van der Waals surface area contributed by atoms with Crippen molar-refractivity contribution in [2.45, 2.75) is 19.4 Å². The maximum absolute atomic E-state index is 4.93. The molecule has 1 saturated heterocycles. The normalized spacial score (nSPS) is 19.6. The molecule has 5 heterocycles. The smallest absolute Gasteiger partial charge is 0.154 e. The Morgan fingerprint density at radius 1 is 1.08 bits per heavy atom. The molecule has 25 heavy (non-hydrogen) atoms. The largest absolute Gasteiger partial charge is 0.371 e. The van der Waals surface area contributed by atoms with Crippen molar-refractivity contribution in [1.29, 1.82) is 0 Å². The van der Waals surface area contributed by atoms with E-state index < -0.39 is 0 Å². The predicted molar refractivity (Wildman–Crippen MR) is 97.4 cm³/mol. The number of hydrogen-bond donors (Lipinski definition) is 0. The summed E-state index contributed by atoms with van der Waals surface area (Å²) in [4.78, 5) is 13.6. The lowest BCUT2D eigenvalue weighted by Gasteiger charge is -2.38. The number of aryl methyl sites for hydroxylation is 1. The van der Waals surface area contributed by atoms with Crippen molar-refractivity contribution in [3.8, 4) is 11.3 Å². The van der Waals surface area contributed by atoms with Gasteiger partial charge in [-0.2, -0.15) is 0 Å². The zero-order chi connectivity index (χ0) is 16.8. The highest BCUT2D eigenvalue weighted by Gasteiger charge is 2.28. The zero-order valence-electron chi connectivity index (χ0n) is 14.2. The van der Waals surface area contributed by atoms with Crippen LogP contribution in [0.5, 0.6) is 0 Å². The first-order valence-electron chi connectivity index (χ1n) is 8.74. The van der Waals surface area contributed by atoms with Crippen LogP contribution in [0.3, 0.4) is 0 Å². The lowest BCUT2D eigenvalue weighted by Crippen LogP contribution is -2.49. The fourth-order valence-electron chi connectivity index (χ4n) is 3.88. The van der Waals surface area contributed by atoms with Crippen molar-refractivity contribution in [3.63, 3.8) is 0 Å². The Hall–Kier alpha value is -2.89. The van der Waals surface area contributed by atoms with Crippen LogP contribution in [0.15, 0.2) is 48.9 Å². The summed E-state index contributed by atoms with van der Waals surface area (Å²) >= 11 is 0. The average Bonchev–Trinajstić information content (AvgIpc) is 3.24. The van der Waals surface area contributed by atoms with Crippen molar-refractivity contribution < 1.29 is 0 Å². The van der Waals surface area contributed by atoms with Gasteiger partial charge in [-0.25, -0.2) is 9.50 Å². The maximum atomic E-state index is 4.93. The number of pyridine rings is 1. The Bertz CT molecular complexity index is 945. The molecule has 1 unspecified atom stereocenters. The molecule has 0 spiro atoms. The Balaban J connectivity index is 1.55. The van der Waals surface area contributed by atoms with Crippen LogP contribution in [-0.2, 0) is 0 Å². The number of fused-ring (bicyclic) bond motifs is 2. The molecule has 6 nitrogen and oxygen atoms in total. The lowest BCUT2D eigenvalue weighted by atomic mass is 10.1. The molecule has 126 valence electrons. The molecule has 1 fully saturated rings. The number of rotatable bonds is 2. The molecule has 0 aliphatic carbocycles. The van der Waals surface area contributed by atoms with Crippen LogP contribution in [0, 0.1) is 6.92 Å². The van der Waals surface area contributed by atoms with Gasteiger partial charge in [-0.05, 0) is 43.8 Å². The molecule has 0 aromatic carbocycles. The fourth-order valence-corrected chi connectivity index (χ4v) is 3.88. The topological polar surface area (TPSA) is 49.6 Å². The van der Waals surface area contributed by atoms with E-state index in [9.17, 15) is 0 Å². The molecule has 2 aliphatic rings. The summed E-state index contributed by atoms with van der Waals surface area (Å²) < 4.78 is 1.97. The second-order valence-corrected chi connectivity index (χ2v) is 6.70. The highest BCUT2D eigenvalue weighted by Crippen LogP contribution is 2.27. The molecule has 2 aliphatic heterocycles. The molecule has 3 aromatic heterocycles. The van der Waals surface area contributed by atoms with Crippen molar-refractivity contribution in [2.75, 3.05) is 24.5 Å². The predicted octanol–water partition coefficient (Wildman–Crippen LogP) is 2.51. The van der Waals surface area contributed by atoms with E-state index in [4.69, 9.17) is 5.10 Å². The van der Waals surface area contributed by atoms with E-state index in [1.54, 1.807) is 0 Å². The number of imidazole rings is 1. The number of nitrogens with zero attached hydrogens (tertiary/aromatic N) is 6. The summed E-state index contributed by atoms with van der Waals surface area (Å²) in [6.45, 7) is 5.11. The molecule has 3 aromatic rings. The first-order valence-corrected chi connectivity index (χ1v) is 8.74. The van der Waals surface area contributed by atoms with Crippen molar-refractivity contribution >= 4 is 11.5 Å². The summed E-state index contributed by atoms with van der Waals surface area (Å²) in [7, 11) is 0. The molecule has 5 rings (SSSR count). The fraction of sp³-hybridized carbons (Fsp3) is 0.316. The third-order valence-corrected chi connectivity index (χ3v) is 5.15. The van der Waals surface area contributed by atoms with Crippen LogP contribution >= 0.6 is 0 Å². The number of piperazine rings is 1. The molecule has 6 heteroatoms. The Labute approximate surface area is 146 Å². The van der Waals surface area contributed by atoms with Gasteiger partial charge in [0, 0.05) is 43.6 Å². The maximum Gasteiger partial charge on any atom is 0.154 e. The van der Waals surface area contributed by atoms with E-state index in [1.165, 1.54) is 0 Å². The highest BCUT2D eigenvalue weighted by molar-refractivity contribution is 5.66. The third-order valence-electron chi connectivity index (χ3n) is 5.15. The standard InChI is InChI=1S/C19H20N6/c1-14-19(15-6-8-20-9-7-15)25-17(21-14)4-5-18(22-25)24-12-11-23-10-2-3-16(23)13-24/h2,4-10,16H,3,11-13H2,1H3. The molecular formula is C19H20N6. The van der Waals surface area contributed by atoms with Crippen molar-refractivity contribution in [2.24, 2.45) is 0 Å². The van der Waals surface area contributed by atoms with Crippen LogP contribution in [-0.4, -0.2) is 50.2 Å². The van der Waals surface area contributed by atoms with E-state index in [0.717, 1.165) is 54.5 Å². The monoisotopic (exact) mass is 332 g/mol. The van der Waals surface area contributed by atoms with E-state index in [2.05, 4.69) is 44.2 Å². The molecule has 0 bridgehead atoms. The first kappa shape index (κ1) is 14.5. The minimum absolute atomic E-state index is 0.579. The zero-order valence-corrected chi connectivity index (χ0v) is 14.2. The highest BCUT2D eigenvalue weighted by atomic mass is 15.4. The second kappa shape index (κ2) is 5.58. The van der Waals surface area contributed by atoms with Gasteiger partial charge in [0.2, 0.25) is 0 Å². The van der Waals surface area contributed by atoms with Crippen LogP contribution in [0.1, 0.15) is 12.1 Å². The summed E-state index contributed by atoms with van der Waals surface area (Å²) in [6.07, 6.45) is 9.25. The van der Waals surface area contributed by atoms with Gasteiger partial charge in [0.25, 0.3) is 0 Å². The van der Waals surface area contributed by atoms with Crippen molar-refractivity contribution in [1.82, 2.24) is 24.5 Å². The van der Waals surface area contributed by atoms with Gasteiger partial charge in [-0.3, -0.25) is 4.98 Å². The second-order valence-electron chi connectivity index (χ2n) is 6.70. The number of aromatic nitrogens is 4. The quantitative estimate of drug-likeness (QED) is 0.722. The number of anilines is 1. The lowest BCUT2D eigenvalue weighted by molar-refractivity contribution is 0.270. The van der Waals surface area contributed by atoms with Crippen molar-refractivity contribution in [3.05, 3.63) is 54.6 Å². The third kappa shape index (κ3) is 2.36. The van der Waals surface area contributed by atoms with Crippen LogP contribution in [0.2, 0.25) is 0 Å². The van der Waals surface area contributed by atoms with Gasteiger partial charge in [0.05, 0.1) is 11.4 Å². The van der Waals surface area contributed by atoms with Crippen LogP contribution in [0.4, 0.5) is 5.82 Å². The minimum atomic E-state index is 0.579. The van der Waals surface area contributed by atoms with E-state index in [-0.39, 0.29) is 0 Å². The van der Waals surface area contributed by atoms with E-state index >= 15 is 0 Å². The van der Waals surface area contributed by atoms with Gasteiger partial charge in [-0.15, -0.1) is 5.10 Å². The van der Waals surface area contributed by atoms with Crippen LogP contribution in [0.25, 0.3) is 16.9 Å². The van der Waals surface area contributed by atoms with E-state index in [1.807, 2.05) is 36.0 Å². The summed E-state index contributed by atoms with van der Waals surface area (Å²) in [5.41, 5.74) is 4.00. The molecule has 0 radical (unpaired) electrons. The van der Waals surface area contributed by atoms with Gasteiger partial charge in [-0.1, -0.05) is 6.08 Å². The molecule has 0 N–H and O–H groups in total. The Morgan fingerprint density at radius 3 is 2.84 bits per heavy atom. The first-order chi connectivity index (χ1) is 12.3. The van der Waals surface area contributed by atoms with Gasteiger partial charge in [0.1, 0.15) is 5.82 Å². The molecule has 0 amide bonds. The molecule has 1 atom stereocenters. The van der Waals surface area contributed by atoms with Gasteiger partial charge < -0.3 is 9.80 Å². The van der Waals surface area contributed by atoms with Gasteiger partial charge >= 0.3 is 0 Å². The van der Waals surface area contributed by atoms with Crippen LogP contribution < -0.4 is 4.90 Å². The van der Waals surface area contributed by atoms with E-state index in [0.29, 0.717) is 6.04 Å². The average molecular weight is 332 g/mol. The SMILES string of the molecule is Cc1nc2ccc(N3CCN4C=CCC4C3)nn2c1-c1ccncc1. The summed E-state index contributed by atoms with van der Waals surface area (Å²) in [5, 5.41) is 4.93. The van der Waals surface area contributed by atoms with Gasteiger partial charge in [0.15, 0.2) is 5.65 Å². The molecular weight excluding hydrogens is 312 g/mol. The summed E-state index contributed by atoms with van der Waals surface area (Å²) in [6, 6.07) is 8.76. The Kier molecular flexibility index (Phi) is 3.23. The minimum Gasteiger partial charge on any atom is -0.371 e. The molecule has 0 saturated carbocycles. The number of hydrogen-bond acceptors (Lipinski definition) is 5.